The number of aromatic nitrogens is 3. The molecule has 2 aromatic rings. The summed E-state index contributed by atoms with van der Waals surface area (Å²) in [7, 11) is 0. The van der Waals surface area contributed by atoms with Crippen molar-refractivity contribution in [2.75, 3.05) is 36.5 Å². The van der Waals surface area contributed by atoms with Crippen LogP contribution in [0, 0.1) is 6.92 Å². The van der Waals surface area contributed by atoms with Crippen LogP contribution in [-0.4, -0.2) is 63.8 Å². The molecule has 0 atom stereocenters. The number of amides is 1. The van der Waals surface area contributed by atoms with E-state index in [1.165, 1.54) is 19.3 Å². The van der Waals surface area contributed by atoms with Gasteiger partial charge in [0.1, 0.15) is 17.6 Å². The number of alkyl halides is 3. The third-order valence-electron chi connectivity index (χ3n) is 6.03. The Labute approximate surface area is 208 Å². The van der Waals surface area contributed by atoms with Crippen molar-refractivity contribution in [2.45, 2.75) is 64.8 Å². The van der Waals surface area contributed by atoms with Crippen molar-refractivity contribution < 1.29 is 27.4 Å². The number of ether oxygens (including phenoxy) is 2. The summed E-state index contributed by atoms with van der Waals surface area (Å²) in [5.74, 6) is 1.44. The van der Waals surface area contributed by atoms with E-state index < -0.39 is 17.5 Å². The van der Waals surface area contributed by atoms with E-state index in [1.807, 2.05) is 20.8 Å². The molecular weight excluding hydrogens is 477 g/mol. The third kappa shape index (κ3) is 5.90. The first-order chi connectivity index (χ1) is 16.9. The number of halogens is 3. The second-order valence-corrected chi connectivity index (χ2v) is 9.92. The molecule has 36 heavy (non-hydrogen) atoms. The minimum atomic E-state index is -4.52. The highest BCUT2D eigenvalue weighted by atomic mass is 19.4. The van der Waals surface area contributed by atoms with Crippen LogP contribution in [0.25, 0.3) is 0 Å². The van der Waals surface area contributed by atoms with Crippen molar-refractivity contribution >= 4 is 23.4 Å². The lowest BCUT2D eigenvalue weighted by Gasteiger charge is -2.39. The highest BCUT2D eigenvalue weighted by molar-refractivity contribution is 5.71. The molecule has 1 saturated heterocycles. The number of rotatable bonds is 3. The Morgan fingerprint density at radius 3 is 2.50 bits per heavy atom. The number of nitrogens with zero attached hydrogens (tertiary/aromatic N) is 5. The Morgan fingerprint density at radius 2 is 1.86 bits per heavy atom. The number of carbonyl (C=O) groups excluding carboxylic acids is 1. The average Bonchev–Trinajstić information content (AvgIpc) is 3.02. The molecule has 0 radical (unpaired) electrons. The maximum absolute atomic E-state index is 13.0. The van der Waals surface area contributed by atoms with E-state index in [1.54, 1.807) is 4.90 Å². The van der Waals surface area contributed by atoms with Gasteiger partial charge in [-0.15, -0.1) is 0 Å². The van der Waals surface area contributed by atoms with Gasteiger partial charge in [-0.05, 0) is 59.1 Å². The smallest absolute Gasteiger partial charge is 0.433 e. The van der Waals surface area contributed by atoms with Gasteiger partial charge < -0.3 is 24.6 Å². The van der Waals surface area contributed by atoms with Crippen LogP contribution in [0.5, 0.6) is 5.75 Å². The number of hydrogen-bond donors (Lipinski definition) is 1. The zero-order chi connectivity index (χ0) is 26.1. The number of fused-ring (bicyclic) bond motifs is 1. The Balaban J connectivity index is 1.52. The first-order valence-electron chi connectivity index (χ1n) is 12.0. The third-order valence-corrected chi connectivity index (χ3v) is 6.03. The minimum Gasteiger partial charge on any atom is -0.486 e. The summed E-state index contributed by atoms with van der Waals surface area (Å²) in [4.78, 5) is 28.8. The molecule has 0 unspecified atom stereocenters. The second kappa shape index (κ2) is 9.98. The molecule has 4 rings (SSSR count). The fourth-order valence-electron chi connectivity index (χ4n) is 4.33. The molecule has 0 spiro atoms. The highest BCUT2D eigenvalue weighted by Crippen LogP contribution is 2.39. The van der Waals surface area contributed by atoms with Crippen molar-refractivity contribution in [3.05, 3.63) is 29.8 Å². The molecular formula is C24H31F3N6O3. The molecule has 0 bridgehead atoms. The Morgan fingerprint density at radius 1 is 1.14 bits per heavy atom. The molecule has 4 heterocycles. The Hall–Kier alpha value is -3.31. The minimum absolute atomic E-state index is 0.140. The largest absolute Gasteiger partial charge is 0.486 e. The van der Waals surface area contributed by atoms with Gasteiger partial charge in [0.25, 0.3) is 0 Å². The van der Waals surface area contributed by atoms with Gasteiger partial charge in [0.05, 0.1) is 18.0 Å². The Bertz CT molecular complexity index is 1100. The van der Waals surface area contributed by atoms with E-state index in [9.17, 15) is 18.0 Å². The summed E-state index contributed by atoms with van der Waals surface area (Å²) in [6.45, 7) is 9.35. The van der Waals surface area contributed by atoms with Crippen LogP contribution >= 0.6 is 0 Å². The van der Waals surface area contributed by atoms with Crippen LogP contribution in [0.15, 0.2) is 18.5 Å². The van der Waals surface area contributed by atoms with Gasteiger partial charge >= 0.3 is 12.3 Å². The number of aryl methyl sites for hydroxylation is 1. The number of piperidine rings is 1. The number of anilines is 3. The van der Waals surface area contributed by atoms with Crippen molar-refractivity contribution in [3.8, 4) is 5.75 Å². The molecule has 0 saturated carbocycles. The van der Waals surface area contributed by atoms with Gasteiger partial charge in [-0.1, -0.05) is 0 Å². The number of likely N-dealkylation sites (tertiary alicyclic amines) is 1. The van der Waals surface area contributed by atoms with Gasteiger partial charge in [0, 0.05) is 25.7 Å². The van der Waals surface area contributed by atoms with Gasteiger partial charge in [-0.2, -0.15) is 13.2 Å². The molecule has 1 N–H and O–H groups in total. The standard InChI is InChI=1S/C24H31F3N6O3/c1-15-17(6-7-18(30-15)24(25,26)27)31-20-19-21(29-14-28-20)33(10-5-13-35-19)16-8-11-32(12-9-16)22(34)36-23(2,3)4/h6-7,14,16H,5,8-13H2,1-4H3,(H,28,29,31). The van der Waals surface area contributed by atoms with Crippen molar-refractivity contribution in [2.24, 2.45) is 0 Å². The van der Waals surface area contributed by atoms with E-state index in [4.69, 9.17) is 9.47 Å². The zero-order valence-electron chi connectivity index (χ0n) is 20.9. The van der Waals surface area contributed by atoms with Gasteiger partial charge in [0.15, 0.2) is 11.6 Å². The number of nitrogens with one attached hydrogen (secondary N) is 1. The Kier molecular flexibility index (Phi) is 7.14. The summed E-state index contributed by atoms with van der Waals surface area (Å²) in [5.41, 5.74) is -0.908. The molecule has 0 aromatic carbocycles. The molecule has 1 amide bonds. The normalized spacial score (nSPS) is 17.2. The molecule has 0 aliphatic carbocycles. The molecule has 12 heteroatoms. The van der Waals surface area contributed by atoms with Crippen LogP contribution in [-0.2, 0) is 10.9 Å². The lowest BCUT2D eigenvalue weighted by molar-refractivity contribution is -0.141. The summed E-state index contributed by atoms with van der Waals surface area (Å²) in [5, 5.41) is 3.07. The molecule has 196 valence electrons. The first-order valence-corrected chi connectivity index (χ1v) is 12.0. The fourth-order valence-corrected chi connectivity index (χ4v) is 4.33. The van der Waals surface area contributed by atoms with Gasteiger partial charge in [-0.3, -0.25) is 0 Å². The highest BCUT2D eigenvalue weighted by Gasteiger charge is 2.34. The van der Waals surface area contributed by atoms with Crippen molar-refractivity contribution in [3.63, 3.8) is 0 Å². The van der Waals surface area contributed by atoms with E-state index in [2.05, 4.69) is 25.2 Å². The van der Waals surface area contributed by atoms with Crippen LogP contribution in [0.3, 0.4) is 0 Å². The molecule has 9 nitrogen and oxygen atoms in total. The van der Waals surface area contributed by atoms with Gasteiger partial charge in [-0.25, -0.2) is 19.7 Å². The van der Waals surface area contributed by atoms with Crippen LogP contribution < -0.4 is 15.0 Å². The summed E-state index contributed by atoms with van der Waals surface area (Å²) in [6.07, 6.45) is -1.16. The average molecular weight is 509 g/mol. The predicted octanol–water partition coefficient (Wildman–Crippen LogP) is 4.93. The lowest BCUT2D eigenvalue weighted by atomic mass is 10.0. The zero-order valence-corrected chi connectivity index (χ0v) is 20.9. The SMILES string of the molecule is Cc1nc(C(F)(F)F)ccc1Nc1ncnc2c1OCCCN2C1CCN(C(=O)OC(C)(C)C)CC1. The van der Waals surface area contributed by atoms with Crippen LogP contribution in [0.2, 0.25) is 0 Å². The number of hydrogen-bond acceptors (Lipinski definition) is 8. The predicted molar refractivity (Wildman–Crippen MR) is 128 cm³/mol. The monoisotopic (exact) mass is 508 g/mol. The maximum atomic E-state index is 13.0. The van der Waals surface area contributed by atoms with Crippen molar-refractivity contribution in [1.29, 1.82) is 0 Å². The van der Waals surface area contributed by atoms with E-state index in [0.29, 0.717) is 42.8 Å². The molecule has 2 aliphatic rings. The summed E-state index contributed by atoms with van der Waals surface area (Å²) < 4.78 is 50.5. The summed E-state index contributed by atoms with van der Waals surface area (Å²) >= 11 is 0. The van der Waals surface area contributed by atoms with Crippen LogP contribution in [0.1, 0.15) is 51.4 Å². The van der Waals surface area contributed by atoms with Crippen molar-refractivity contribution in [1.82, 2.24) is 19.9 Å². The maximum Gasteiger partial charge on any atom is 0.433 e. The quantitative estimate of drug-likeness (QED) is 0.624. The molecule has 2 aliphatic heterocycles. The summed E-state index contributed by atoms with van der Waals surface area (Å²) in [6, 6.07) is 2.41. The van der Waals surface area contributed by atoms with E-state index in [0.717, 1.165) is 31.9 Å². The molecule has 2 aromatic heterocycles. The van der Waals surface area contributed by atoms with Gasteiger partial charge in [0.2, 0.25) is 5.75 Å². The number of pyridine rings is 1. The molecule has 1 fully saturated rings. The number of carbonyl (C=O) groups is 1. The fraction of sp³-hybridized carbons (Fsp3) is 0.583. The van der Waals surface area contributed by atoms with Crippen LogP contribution in [0.4, 0.5) is 35.3 Å². The van der Waals surface area contributed by atoms with E-state index >= 15 is 0 Å². The van der Waals surface area contributed by atoms with E-state index in [-0.39, 0.29) is 17.8 Å². The topological polar surface area (TPSA) is 92.7 Å². The lowest BCUT2D eigenvalue weighted by Crippen LogP contribution is -2.48. The second-order valence-electron chi connectivity index (χ2n) is 9.92. The first kappa shape index (κ1) is 25.8.